The maximum absolute atomic E-state index is 6.31. The summed E-state index contributed by atoms with van der Waals surface area (Å²) in [7, 11) is 0. The van der Waals surface area contributed by atoms with Crippen LogP contribution in [-0.4, -0.2) is 17.8 Å². The number of hydrogen-bond acceptors (Lipinski definition) is 4. The minimum Gasteiger partial charge on any atom is -0.489 e. The molecule has 1 aromatic heterocycles. The zero-order valence-corrected chi connectivity index (χ0v) is 16.3. The molecule has 0 bridgehead atoms. The Morgan fingerprint density at radius 2 is 1.96 bits per heavy atom. The summed E-state index contributed by atoms with van der Waals surface area (Å²) in [5.41, 5.74) is 0.560. The summed E-state index contributed by atoms with van der Waals surface area (Å²) in [5, 5.41) is 4.00. The summed E-state index contributed by atoms with van der Waals surface area (Å²) in [6.07, 6.45) is 3.52. The first-order chi connectivity index (χ1) is 12.0. The van der Waals surface area contributed by atoms with E-state index in [1.165, 1.54) is 6.08 Å². The molecular formula is C17H16Cl4N2O2. The van der Waals surface area contributed by atoms with Crippen LogP contribution < -0.4 is 14.8 Å². The first kappa shape index (κ1) is 20.0. The lowest BCUT2D eigenvalue weighted by atomic mass is 10.2. The number of nitrogens with zero attached hydrogens (tertiary/aromatic N) is 1. The van der Waals surface area contributed by atoms with Crippen molar-refractivity contribution in [1.29, 1.82) is 0 Å². The topological polar surface area (TPSA) is 43.4 Å². The molecule has 1 unspecified atom stereocenters. The second kappa shape index (κ2) is 9.97. The monoisotopic (exact) mass is 420 g/mol. The van der Waals surface area contributed by atoms with Gasteiger partial charge in [-0.05, 0) is 12.1 Å². The fraction of sp³-hybridized carbons (Fsp3) is 0.235. The molecule has 0 aliphatic carbocycles. The molecule has 1 atom stereocenters. The molecule has 0 saturated carbocycles. The lowest BCUT2D eigenvalue weighted by molar-refractivity contribution is 0.217. The van der Waals surface area contributed by atoms with E-state index in [2.05, 4.69) is 10.3 Å². The van der Waals surface area contributed by atoms with Crippen molar-refractivity contribution in [2.45, 2.75) is 19.6 Å². The van der Waals surface area contributed by atoms with E-state index in [1.54, 1.807) is 24.4 Å². The Bertz CT molecular complexity index is 699. The van der Waals surface area contributed by atoms with Crippen molar-refractivity contribution in [3.63, 3.8) is 0 Å². The predicted molar refractivity (Wildman–Crippen MR) is 104 cm³/mol. The summed E-state index contributed by atoms with van der Waals surface area (Å²) in [5.74, 6) is 1.02. The summed E-state index contributed by atoms with van der Waals surface area (Å²) in [6.45, 7) is 2.18. The second-order valence-electron chi connectivity index (χ2n) is 4.89. The van der Waals surface area contributed by atoms with Crippen molar-refractivity contribution in [3.8, 4) is 11.6 Å². The van der Waals surface area contributed by atoms with E-state index in [4.69, 9.17) is 55.9 Å². The van der Waals surface area contributed by atoms with E-state index in [1.807, 2.05) is 19.1 Å². The number of benzene rings is 1. The Morgan fingerprint density at radius 3 is 2.52 bits per heavy atom. The van der Waals surface area contributed by atoms with Gasteiger partial charge in [0.2, 0.25) is 5.88 Å². The highest BCUT2D eigenvalue weighted by molar-refractivity contribution is 6.55. The van der Waals surface area contributed by atoms with Crippen molar-refractivity contribution in [1.82, 2.24) is 4.98 Å². The quantitative estimate of drug-likeness (QED) is 0.507. The lowest BCUT2D eigenvalue weighted by Crippen LogP contribution is -2.26. The van der Waals surface area contributed by atoms with Crippen LogP contribution in [0.1, 0.15) is 13.3 Å². The van der Waals surface area contributed by atoms with Crippen LogP contribution in [0.15, 0.2) is 47.1 Å². The van der Waals surface area contributed by atoms with Crippen molar-refractivity contribution in [2.75, 3.05) is 11.9 Å². The van der Waals surface area contributed by atoms with Crippen LogP contribution in [0.4, 0.5) is 5.69 Å². The van der Waals surface area contributed by atoms with E-state index in [-0.39, 0.29) is 17.3 Å². The third-order valence-corrected chi connectivity index (χ3v) is 3.98. The molecule has 1 heterocycles. The van der Waals surface area contributed by atoms with Crippen LogP contribution in [0.5, 0.6) is 11.6 Å². The summed E-state index contributed by atoms with van der Waals surface area (Å²) in [4.78, 5) is 4.14. The van der Waals surface area contributed by atoms with Gasteiger partial charge in [-0.1, -0.05) is 59.4 Å². The van der Waals surface area contributed by atoms with E-state index in [9.17, 15) is 0 Å². The first-order valence-corrected chi connectivity index (χ1v) is 8.98. The normalized spacial score (nSPS) is 11.6. The third-order valence-electron chi connectivity index (χ3n) is 3.08. The molecule has 25 heavy (non-hydrogen) atoms. The molecule has 0 aliphatic rings. The smallest absolute Gasteiger partial charge is 0.215 e. The average Bonchev–Trinajstić information content (AvgIpc) is 2.57. The SMILES string of the molecule is CCC(Nc1c(Cl)cc(OCC=C(Cl)Cl)cc1Cl)Oc1ccccn1. The number of rotatable bonds is 8. The minimum atomic E-state index is -0.338. The highest BCUT2D eigenvalue weighted by Crippen LogP contribution is 2.35. The number of ether oxygens (including phenoxy) is 2. The minimum absolute atomic E-state index is 0.132. The fourth-order valence-electron chi connectivity index (χ4n) is 1.91. The molecule has 0 fully saturated rings. The molecule has 1 aromatic carbocycles. The Balaban J connectivity index is 2.08. The van der Waals surface area contributed by atoms with Gasteiger partial charge in [0, 0.05) is 30.8 Å². The van der Waals surface area contributed by atoms with Gasteiger partial charge in [0.05, 0.1) is 15.7 Å². The first-order valence-electron chi connectivity index (χ1n) is 7.46. The van der Waals surface area contributed by atoms with Gasteiger partial charge in [-0.2, -0.15) is 0 Å². The zero-order valence-electron chi connectivity index (χ0n) is 13.3. The Labute approximate surface area is 166 Å². The van der Waals surface area contributed by atoms with Crippen molar-refractivity contribution >= 4 is 52.1 Å². The van der Waals surface area contributed by atoms with E-state index < -0.39 is 0 Å². The highest BCUT2D eigenvalue weighted by Gasteiger charge is 2.15. The highest BCUT2D eigenvalue weighted by atomic mass is 35.5. The van der Waals surface area contributed by atoms with Gasteiger partial charge in [0.1, 0.15) is 16.8 Å². The summed E-state index contributed by atoms with van der Waals surface area (Å²) < 4.78 is 11.4. The van der Waals surface area contributed by atoms with Crippen LogP contribution in [0, 0.1) is 0 Å². The Kier molecular flexibility index (Phi) is 7.97. The molecule has 134 valence electrons. The number of hydrogen-bond donors (Lipinski definition) is 1. The van der Waals surface area contributed by atoms with Crippen molar-refractivity contribution < 1.29 is 9.47 Å². The van der Waals surface area contributed by atoms with Gasteiger partial charge in [0.25, 0.3) is 0 Å². The molecule has 4 nitrogen and oxygen atoms in total. The molecule has 0 amide bonds. The number of aromatic nitrogens is 1. The van der Waals surface area contributed by atoms with E-state index >= 15 is 0 Å². The van der Waals surface area contributed by atoms with Gasteiger partial charge in [-0.15, -0.1) is 0 Å². The number of nitrogens with one attached hydrogen (secondary N) is 1. The van der Waals surface area contributed by atoms with Gasteiger partial charge < -0.3 is 14.8 Å². The Morgan fingerprint density at radius 1 is 1.24 bits per heavy atom. The summed E-state index contributed by atoms with van der Waals surface area (Å²) >= 11 is 23.7. The molecule has 0 aliphatic heterocycles. The van der Waals surface area contributed by atoms with Crippen LogP contribution in [0.25, 0.3) is 0 Å². The standard InChI is InChI=1S/C17H16Cl4N2O2/c1-2-15(25-16-5-3-4-7-22-16)23-17-12(18)9-11(10-13(17)19)24-8-6-14(20)21/h3-7,9-10,15,23H,2,8H2,1H3. The molecule has 1 N–H and O–H groups in total. The van der Waals surface area contributed by atoms with Gasteiger partial charge in [0.15, 0.2) is 6.23 Å². The Hall–Kier alpha value is -1.33. The van der Waals surface area contributed by atoms with Gasteiger partial charge >= 0.3 is 0 Å². The predicted octanol–water partition coefficient (Wildman–Crippen LogP) is 6.31. The van der Waals surface area contributed by atoms with Crippen LogP contribution in [-0.2, 0) is 0 Å². The van der Waals surface area contributed by atoms with Crippen LogP contribution in [0.2, 0.25) is 10.0 Å². The van der Waals surface area contributed by atoms with E-state index in [0.29, 0.717) is 33.8 Å². The summed E-state index contributed by atoms with van der Waals surface area (Å²) in [6, 6.07) is 8.75. The van der Waals surface area contributed by atoms with Gasteiger partial charge in [-0.3, -0.25) is 0 Å². The fourth-order valence-corrected chi connectivity index (χ4v) is 2.61. The molecule has 0 radical (unpaired) electrons. The number of pyridine rings is 1. The number of halogens is 4. The third kappa shape index (κ3) is 6.48. The van der Waals surface area contributed by atoms with Gasteiger partial charge in [-0.25, -0.2) is 4.98 Å². The molecule has 2 aromatic rings. The molecule has 0 saturated heterocycles. The van der Waals surface area contributed by atoms with Crippen LogP contribution >= 0.6 is 46.4 Å². The molecule has 2 rings (SSSR count). The maximum Gasteiger partial charge on any atom is 0.215 e. The molecule has 0 spiro atoms. The van der Waals surface area contributed by atoms with Crippen molar-refractivity contribution in [3.05, 3.63) is 57.1 Å². The molecule has 8 heteroatoms. The number of anilines is 1. The largest absolute Gasteiger partial charge is 0.489 e. The second-order valence-corrected chi connectivity index (χ2v) is 6.72. The van der Waals surface area contributed by atoms with Crippen LogP contribution in [0.3, 0.4) is 0 Å². The maximum atomic E-state index is 6.31. The lowest BCUT2D eigenvalue weighted by Gasteiger charge is -2.21. The van der Waals surface area contributed by atoms with Crippen molar-refractivity contribution in [2.24, 2.45) is 0 Å². The average molecular weight is 422 g/mol. The van der Waals surface area contributed by atoms with E-state index in [0.717, 1.165) is 0 Å². The zero-order chi connectivity index (χ0) is 18.2. The molecular weight excluding hydrogens is 406 g/mol.